The topological polar surface area (TPSA) is 85.9 Å². The van der Waals surface area contributed by atoms with Crippen LogP contribution in [-0.4, -0.2) is 25.8 Å². The smallest absolute Gasteiger partial charge is 0.273 e. The van der Waals surface area contributed by atoms with E-state index in [1.54, 1.807) is 43.5 Å². The number of nitrogen functional groups attached to an aromatic ring is 1. The van der Waals surface area contributed by atoms with Crippen molar-refractivity contribution in [1.29, 1.82) is 0 Å². The molecule has 0 saturated heterocycles. The van der Waals surface area contributed by atoms with Crippen molar-refractivity contribution in [3.63, 3.8) is 0 Å². The van der Waals surface area contributed by atoms with Crippen LogP contribution in [0.3, 0.4) is 0 Å². The third-order valence-corrected chi connectivity index (χ3v) is 3.07. The molecule has 0 heterocycles. The van der Waals surface area contributed by atoms with Crippen LogP contribution in [0.1, 0.15) is 22.8 Å². The molecule has 23 heavy (non-hydrogen) atoms. The van der Waals surface area contributed by atoms with Crippen LogP contribution in [-0.2, 0) is 0 Å². The number of para-hydroxylation sites is 1. The summed E-state index contributed by atoms with van der Waals surface area (Å²) in [6.07, 6.45) is 1.53. The number of hydrogen-bond acceptors (Lipinski definition) is 5. The van der Waals surface area contributed by atoms with Gasteiger partial charge in [-0.25, -0.2) is 5.43 Å². The molecule has 0 saturated carbocycles. The number of carbonyl (C=O) groups excluding carboxylic acids is 1. The minimum absolute atomic E-state index is 0.363. The Morgan fingerprint density at radius 2 is 2.04 bits per heavy atom. The molecule has 6 heteroatoms. The maximum absolute atomic E-state index is 12.0. The van der Waals surface area contributed by atoms with Gasteiger partial charge in [-0.15, -0.1) is 0 Å². The fourth-order valence-corrected chi connectivity index (χ4v) is 1.97. The number of anilines is 1. The summed E-state index contributed by atoms with van der Waals surface area (Å²) in [5.74, 6) is 0.903. The Labute approximate surface area is 134 Å². The molecule has 2 aromatic carbocycles. The number of nitrogens with zero attached hydrogens (tertiary/aromatic N) is 1. The number of hydrazone groups is 1. The zero-order valence-electron chi connectivity index (χ0n) is 13.1. The third-order valence-electron chi connectivity index (χ3n) is 3.07. The minimum atomic E-state index is -0.363. The molecule has 2 aromatic rings. The molecule has 0 atom stereocenters. The van der Waals surface area contributed by atoms with Gasteiger partial charge >= 0.3 is 0 Å². The van der Waals surface area contributed by atoms with Crippen LogP contribution in [0.25, 0.3) is 0 Å². The van der Waals surface area contributed by atoms with Crippen LogP contribution < -0.4 is 20.6 Å². The van der Waals surface area contributed by atoms with Crippen molar-refractivity contribution in [2.24, 2.45) is 5.10 Å². The first-order valence-corrected chi connectivity index (χ1v) is 7.14. The van der Waals surface area contributed by atoms with E-state index in [4.69, 9.17) is 15.2 Å². The molecule has 0 spiro atoms. The van der Waals surface area contributed by atoms with Crippen LogP contribution in [0.2, 0.25) is 0 Å². The van der Waals surface area contributed by atoms with Gasteiger partial charge in [0.25, 0.3) is 5.91 Å². The molecule has 0 aromatic heterocycles. The second-order valence-corrected chi connectivity index (χ2v) is 4.63. The van der Waals surface area contributed by atoms with E-state index in [-0.39, 0.29) is 5.91 Å². The van der Waals surface area contributed by atoms with E-state index in [2.05, 4.69) is 10.5 Å². The van der Waals surface area contributed by atoms with Crippen LogP contribution in [0, 0.1) is 0 Å². The molecule has 0 fully saturated rings. The van der Waals surface area contributed by atoms with Crippen molar-refractivity contribution in [3.05, 3.63) is 53.6 Å². The molecular weight excluding hydrogens is 294 g/mol. The van der Waals surface area contributed by atoms with Gasteiger partial charge in [0.2, 0.25) is 0 Å². The zero-order chi connectivity index (χ0) is 16.7. The van der Waals surface area contributed by atoms with E-state index < -0.39 is 0 Å². The predicted octanol–water partition coefficient (Wildman–Crippen LogP) is 2.44. The van der Waals surface area contributed by atoms with E-state index in [9.17, 15) is 4.79 Å². The van der Waals surface area contributed by atoms with Gasteiger partial charge in [0.15, 0.2) is 11.5 Å². The summed E-state index contributed by atoms with van der Waals surface area (Å²) in [6.45, 7) is 2.42. The Hall–Kier alpha value is -3.02. The van der Waals surface area contributed by atoms with E-state index in [0.717, 1.165) is 5.56 Å². The van der Waals surface area contributed by atoms with Crippen LogP contribution in [0.15, 0.2) is 47.6 Å². The lowest BCUT2D eigenvalue weighted by molar-refractivity contribution is 0.0956. The lowest BCUT2D eigenvalue weighted by atomic mass is 10.2. The van der Waals surface area contributed by atoms with Gasteiger partial charge < -0.3 is 15.2 Å². The first-order valence-electron chi connectivity index (χ1n) is 7.14. The summed E-state index contributed by atoms with van der Waals surface area (Å²) < 4.78 is 10.7. The quantitative estimate of drug-likeness (QED) is 0.487. The highest BCUT2D eigenvalue weighted by molar-refractivity contribution is 5.99. The molecule has 6 nitrogen and oxygen atoms in total. The number of amides is 1. The average molecular weight is 313 g/mol. The van der Waals surface area contributed by atoms with Crippen molar-refractivity contribution in [3.8, 4) is 11.5 Å². The highest BCUT2D eigenvalue weighted by Gasteiger charge is 2.07. The number of rotatable bonds is 6. The second-order valence-electron chi connectivity index (χ2n) is 4.63. The maximum atomic E-state index is 12.0. The summed E-state index contributed by atoms with van der Waals surface area (Å²) in [7, 11) is 1.58. The number of nitrogens with two attached hydrogens (primary N) is 1. The maximum Gasteiger partial charge on any atom is 0.273 e. The van der Waals surface area contributed by atoms with Crippen molar-refractivity contribution < 1.29 is 14.3 Å². The summed E-state index contributed by atoms with van der Waals surface area (Å²) in [4.78, 5) is 12.0. The molecule has 1 amide bonds. The standard InChI is InChI=1S/C17H19N3O3/c1-3-23-16-10-12(8-9-15(16)22-2)11-19-20-17(21)13-6-4-5-7-14(13)18/h4-11H,3,18H2,1-2H3,(H,20,21)/b19-11-. The molecule has 0 aliphatic carbocycles. The summed E-state index contributed by atoms with van der Waals surface area (Å²) in [5.41, 5.74) is 9.76. The molecule has 0 aliphatic rings. The number of methoxy groups -OCH3 is 1. The largest absolute Gasteiger partial charge is 0.493 e. The first kappa shape index (κ1) is 16.4. The molecule has 0 bridgehead atoms. The fraction of sp³-hybridized carbons (Fsp3) is 0.176. The second kappa shape index (κ2) is 7.84. The van der Waals surface area contributed by atoms with E-state index in [0.29, 0.717) is 29.4 Å². The Morgan fingerprint density at radius 3 is 2.74 bits per heavy atom. The number of ether oxygens (including phenoxy) is 2. The Balaban J connectivity index is 2.07. The van der Waals surface area contributed by atoms with E-state index in [1.807, 2.05) is 13.0 Å². The van der Waals surface area contributed by atoms with Gasteiger partial charge in [-0.2, -0.15) is 5.10 Å². The van der Waals surface area contributed by atoms with Gasteiger partial charge in [0, 0.05) is 5.69 Å². The first-order chi connectivity index (χ1) is 11.2. The highest BCUT2D eigenvalue weighted by Crippen LogP contribution is 2.27. The van der Waals surface area contributed by atoms with Gasteiger partial charge in [-0.3, -0.25) is 4.79 Å². The van der Waals surface area contributed by atoms with Crippen molar-refractivity contribution in [2.45, 2.75) is 6.92 Å². The average Bonchev–Trinajstić information content (AvgIpc) is 2.56. The van der Waals surface area contributed by atoms with E-state index >= 15 is 0 Å². The number of nitrogens with one attached hydrogen (secondary N) is 1. The van der Waals surface area contributed by atoms with Gasteiger partial charge in [0.1, 0.15) is 0 Å². The summed E-state index contributed by atoms with van der Waals surface area (Å²) >= 11 is 0. The molecule has 0 radical (unpaired) electrons. The fourth-order valence-electron chi connectivity index (χ4n) is 1.97. The van der Waals surface area contributed by atoms with E-state index in [1.165, 1.54) is 6.21 Å². The molecular formula is C17H19N3O3. The number of carbonyl (C=O) groups is 1. The molecule has 0 aliphatic heterocycles. The monoisotopic (exact) mass is 313 g/mol. The Kier molecular flexibility index (Phi) is 5.57. The Bertz CT molecular complexity index is 714. The molecule has 120 valence electrons. The van der Waals surface area contributed by atoms with Crippen LogP contribution in [0.4, 0.5) is 5.69 Å². The van der Waals surface area contributed by atoms with Crippen molar-refractivity contribution in [1.82, 2.24) is 5.43 Å². The molecule has 2 rings (SSSR count). The Morgan fingerprint density at radius 1 is 1.26 bits per heavy atom. The van der Waals surface area contributed by atoms with Gasteiger partial charge in [0.05, 0.1) is 25.5 Å². The third kappa shape index (κ3) is 4.23. The van der Waals surface area contributed by atoms with Crippen LogP contribution >= 0.6 is 0 Å². The van der Waals surface area contributed by atoms with Crippen LogP contribution in [0.5, 0.6) is 11.5 Å². The SMILES string of the molecule is CCOc1cc(/C=N\NC(=O)c2ccccc2N)ccc1OC. The zero-order valence-corrected chi connectivity index (χ0v) is 13.1. The summed E-state index contributed by atoms with van der Waals surface area (Å²) in [6, 6.07) is 12.2. The van der Waals surface area contributed by atoms with Crippen molar-refractivity contribution >= 4 is 17.8 Å². The molecule has 3 N–H and O–H groups in total. The predicted molar refractivity (Wildman–Crippen MR) is 90.1 cm³/mol. The lowest BCUT2D eigenvalue weighted by Gasteiger charge is -2.09. The van der Waals surface area contributed by atoms with Crippen molar-refractivity contribution in [2.75, 3.05) is 19.5 Å². The lowest BCUT2D eigenvalue weighted by Crippen LogP contribution is -2.19. The summed E-state index contributed by atoms with van der Waals surface area (Å²) in [5, 5.41) is 3.94. The highest BCUT2D eigenvalue weighted by atomic mass is 16.5. The molecule has 0 unspecified atom stereocenters. The minimum Gasteiger partial charge on any atom is -0.493 e. The number of hydrogen-bond donors (Lipinski definition) is 2. The van der Waals surface area contributed by atoms with Gasteiger partial charge in [-0.05, 0) is 42.8 Å². The number of benzene rings is 2. The van der Waals surface area contributed by atoms with Gasteiger partial charge in [-0.1, -0.05) is 12.1 Å². The normalized spacial score (nSPS) is 10.5.